The Morgan fingerprint density at radius 2 is 1.28 bits per heavy atom. The van der Waals surface area contributed by atoms with Crippen molar-refractivity contribution in [2.75, 3.05) is 25.6 Å². The molecule has 0 aromatic carbocycles. The lowest BCUT2D eigenvalue weighted by atomic mass is 10.0. The van der Waals surface area contributed by atoms with Crippen molar-refractivity contribution in [2.45, 2.75) is 33.6 Å². The molecule has 340 valence electrons. The van der Waals surface area contributed by atoms with Gasteiger partial charge in [0.1, 0.15) is 11.3 Å². The van der Waals surface area contributed by atoms with Crippen molar-refractivity contribution in [3.05, 3.63) is 188 Å². The first kappa shape index (κ1) is 49.8. The SMILES string of the molecule is C#C.C#C.C=C/C(=C\C(=C/C)c1cc(Cc2nc3c(-c4ccncc4)nccc3[nH]2)c(N)cn1)N(C)C.CC.Nc1cnc(-c2cccnc2)cc1Cc1cc2c(-c3ccncc3)nccc2[nH]1. The zero-order valence-corrected chi connectivity index (χ0v) is 39.0. The van der Waals surface area contributed by atoms with Gasteiger partial charge in [0.05, 0.1) is 52.1 Å². The number of terminal acetylenes is 2. The molecule has 9 rings (SSSR count). The van der Waals surface area contributed by atoms with Gasteiger partial charge in [-0.15, -0.1) is 25.7 Å². The highest BCUT2D eigenvalue weighted by atomic mass is 15.1. The molecule has 9 aromatic rings. The lowest BCUT2D eigenvalue weighted by molar-refractivity contribution is 0.530. The van der Waals surface area contributed by atoms with E-state index in [9.17, 15) is 0 Å². The van der Waals surface area contributed by atoms with E-state index in [2.05, 4.69) is 89.3 Å². The minimum atomic E-state index is 0.550. The molecule has 68 heavy (non-hydrogen) atoms. The summed E-state index contributed by atoms with van der Waals surface area (Å²) in [4.78, 5) is 44.3. The summed E-state index contributed by atoms with van der Waals surface area (Å²) in [7, 11) is 3.97. The number of aromatic nitrogens is 10. The minimum absolute atomic E-state index is 0.550. The summed E-state index contributed by atoms with van der Waals surface area (Å²) in [6, 6.07) is 21.8. The van der Waals surface area contributed by atoms with E-state index >= 15 is 0 Å². The molecule has 0 aliphatic carbocycles. The number of anilines is 2. The molecule has 0 saturated heterocycles. The quantitative estimate of drug-likeness (QED) is 0.0714. The van der Waals surface area contributed by atoms with Crippen molar-refractivity contribution < 1.29 is 0 Å². The zero-order valence-electron chi connectivity index (χ0n) is 39.0. The fourth-order valence-corrected chi connectivity index (χ4v) is 7.11. The monoisotopic (exact) mass is 897 g/mol. The molecule has 0 saturated carbocycles. The Kier molecular flexibility index (Phi) is 18.1. The smallest absolute Gasteiger partial charge is 0.115 e. The van der Waals surface area contributed by atoms with Gasteiger partial charge in [-0.05, 0) is 103 Å². The number of nitrogen functional groups attached to an aromatic ring is 2. The first-order chi connectivity index (χ1) is 33.3. The van der Waals surface area contributed by atoms with Crippen LogP contribution in [0, 0.1) is 25.7 Å². The standard InChI is InChI=1S/C26H27N7.C23H18N6.C2H6.2C2H2/c1-5-17(13-20(6-2)33(3)4)23-14-19(21(27)16-30-23)15-24-31-22-9-12-29-25(26(22)32-24)18-7-10-28-11-8-18;24-20-14-28-22(16-2-1-6-26-13-16)11-17(20)10-18-12-19-21(29-18)5-9-27-23(19)15-3-7-25-8-4-15;3*1-2/h5-14,16H,2,15,27H2,1,3-4H3,(H,31,32);1-9,11-14,29H,10,24H2;1-2H3;2*1-2H/b17-5+,20-13+;;;;. The van der Waals surface area contributed by atoms with Crippen LogP contribution in [0.4, 0.5) is 11.4 Å². The average Bonchev–Trinajstić information content (AvgIpc) is 4.02. The first-order valence-corrected chi connectivity index (χ1v) is 21.6. The highest BCUT2D eigenvalue weighted by Gasteiger charge is 2.15. The molecule has 0 aliphatic heterocycles. The number of imidazole rings is 1. The Hall–Kier alpha value is -9.20. The molecule has 0 bridgehead atoms. The van der Waals surface area contributed by atoms with Gasteiger partial charge in [0.2, 0.25) is 0 Å². The molecule has 0 amide bonds. The van der Waals surface area contributed by atoms with Crippen LogP contribution in [0.15, 0.2) is 159 Å². The van der Waals surface area contributed by atoms with Gasteiger partial charge in [-0.2, -0.15) is 0 Å². The number of rotatable bonds is 11. The lowest BCUT2D eigenvalue weighted by Gasteiger charge is -2.15. The number of hydrogen-bond donors (Lipinski definition) is 4. The fraction of sp³-hybridized carbons (Fsp3) is 0.127. The van der Waals surface area contributed by atoms with Crippen LogP contribution in [0.5, 0.6) is 0 Å². The summed E-state index contributed by atoms with van der Waals surface area (Å²) in [5, 5.41) is 1.08. The van der Waals surface area contributed by atoms with Gasteiger partial charge >= 0.3 is 0 Å². The first-order valence-electron chi connectivity index (χ1n) is 21.6. The van der Waals surface area contributed by atoms with E-state index in [0.29, 0.717) is 24.2 Å². The van der Waals surface area contributed by atoms with Crippen LogP contribution in [-0.2, 0) is 12.8 Å². The number of hydrogen-bond acceptors (Lipinski definition) is 11. The van der Waals surface area contributed by atoms with Gasteiger partial charge in [0.25, 0.3) is 0 Å². The second-order valence-electron chi connectivity index (χ2n) is 14.7. The van der Waals surface area contributed by atoms with Crippen molar-refractivity contribution >= 4 is 38.9 Å². The Morgan fingerprint density at radius 3 is 1.90 bits per heavy atom. The van der Waals surface area contributed by atoms with E-state index in [1.807, 2.05) is 119 Å². The van der Waals surface area contributed by atoms with E-state index in [1.54, 1.807) is 55.8 Å². The van der Waals surface area contributed by atoms with Gasteiger partial charge in [-0.1, -0.05) is 26.5 Å². The van der Waals surface area contributed by atoms with Crippen LogP contribution >= 0.6 is 0 Å². The predicted molar refractivity (Wildman–Crippen MR) is 279 cm³/mol. The molecule has 0 unspecified atom stereocenters. The highest BCUT2D eigenvalue weighted by molar-refractivity contribution is 5.93. The number of pyridine rings is 7. The maximum absolute atomic E-state index is 6.29. The topological polar surface area (TPSA) is 190 Å². The van der Waals surface area contributed by atoms with Crippen molar-refractivity contribution in [1.82, 2.24) is 54.7 Å². The molecule has 13 heteroatoms. The molecule has 9 aromatic heterocycles. The van der Waals surface area contributed by atoms with Crippen LogP contribution in [0.2, 0.25) is 0 Å². The van der Waals surface area contributed by atoms with E-state index in [4.69, 9.17) is 16.5 Å². The summed E-state index contributed by atoms with van der Waals surface area (Å²) in [5.74, 6) is 0.815. The molecule has 13 nitrogen and oxygen atoms in total. The zero-order chi connectivity index (χ0) is 49.0. The number of nitrogens with zero attached hydrogens (tertiary/aromatic N) is 9. The number of fused-ring (bicyclic) bond motifs is 2. The maximum Gasteiger partial charge on any atom is 0.115 e. The number of aromatic amines is 2. The third-order valence-electron chi connectivity index (χ3n) is 10.3. The highest BCUT2D eigenvalue weighted by Crippen LogP contribution is 2.30. The van der Waals surface area contributed by atoms with Gasteiger partial charge in [0.15, 0.2) is 0 Å². The van der Waals surface area contributed by atoms with E-state index in [-0.39, 0.29) is 0 Å². The summed E-state index contributed by atoms with van der Waals surface area (Å²) in [5.41, 5.74) is 28.1. The Morgan fingerprint density at radius 1 is 0.662 bits per heavy atom. The Bertz CT molecular complexity index is 3140. The number of nitrogens with two attached hydrogens (primary N) is 2. The van der Waals surface area contributed by atoms with E-state index in [0.717, 1.165) is 95.3 Å². The molecule has 0 fully saturated rings. The molecule has 0 radical (unpaired) electrons. The molecule has 0 atom stereocenters. The predicted octanol–water partition coefficient (Wildman–Crippen LogP) is 10.4. The number of nitrogens with one attached hydrogen (secondary N) is 2. The minimum Gasteiger partial charge on any atom is -0.397 e. The van der Waals surface area contributed by atoms with Crippen LogP contribution in [0.25, 0.3) is 61.3 Å². The van der Waals surface area contributed by atoms with Crippen LogP contribution in [0.1, 0.15) is 49.1 Å². The third-order valence-corrected chi connectivity index (χ3v) is 10.3. The summed E-state index contributed by atoms with van der Waals surface area (Å²) in [6.45, 7) is 9.89. The van der Waals surface area contributed by atoms with Gasteiger partial charge in [-0.3, -0.25) is 34.9 Å². The summed E-state index contributed by atoms with van der Waals surface area (Å²) in [6.07, 6.45) is 40.8. The van der Waals surface area contributed by atoms with Crippen molar-refractivity contribution in [3.8, 4) is 59.5 Å². The van der Waals surface area contributed by atoms with Crippen molar-refractivity contribution in [3.63, 3.8) is 0 Å². The molecule has 0 aliphatic rings. The van der Waals surface area contributed by atoms with E-state index < -0.39 is 0 Å². The molecular formula is C55H55N13. The number of H-pyrrole nitrogens is 2. The lowest BCUT2D eigenvalue weighted by Crippen LogP contribution is -2.09. The number of likely N-dealkylation sites (N-methyl/N-ethyl adjacent to an activating group) is 1. The van der Waals surface area contributed by atoms with Crippen molar-refractivity contribution in [1.29, 1.82) is 0 Å². The van der Waals surface area contributed by atoms with Gasteiger partial charge in [0, 0.05) is 115 Å². The van der Waals surface area contributed by atoms with Gasteiger partial charge in [-0.25, -0.2) is 4.98 Å². The average molecular weight is 898 g/mol. The molecule has 9 heterocycles. The maximum atomic E-state index is 6.29. The molecular weight excluding hydrogens is 843 g/mol. The van der Waals surface area contributed by atoms with Crippen LogP contribution in [-0.4, -0.2) is 68.8 Å². The Labute approximate surface area is 398 Å². The fourth-order valence-electron chi connectivity index (χ4n) is 7.11. The third kappa shape index (κ3) is 12.1. The van der Waals surface area contributed by atoms with Gasteiger partial charge < -0.3 is 26.3 Å². The second-order valence-corrected chi connectivity index (χ2v) is 14.7. The number of allylic oxidation sites excluding steroid dienone is 4. The van der Waals surface area contributed by atoms with Crippen LogP contribution < -0.4 is 11.5 Å². The van der Waals surface area contributed by atoms with Crippen molar-refractivity contribution in [2.24, 2.45) is 0 Å². The molecule has 6 N–H and O–H groups in total. The second kappa shape index (κ2) is 24.8. The van der Waals surface area contributed by atoms with E-state index in [1.165, 1.54) is 0 Å². The molecule has 0 spiro atoms. The summed E-state index contributed by atoms with van der Waals surface area (Å²) < 4.78 is 0. The normalized spacial score (nSPS) is 10.8. The Balaban J connectivity index is 0.000000230. The van der Waals surface area contributed by atoms with Crippen LogP contribution in [0.3, 0.4) is 0 Å². The summed E-state index contributed by atoms with van der Waals surface area (Å²) >= 11 is 0. The largest absolute Gasteiger partial charge is 0.397 e.